The number of rotatable bonds is 2. The second-order valence-electron chi connectivity index (χ2n) is 2.88. The lowest BCUT2D eigenvalue weighted by Crippen LogP contribution is -2.13. The number of carbonyl (C=O) groups is 1. The third-order valence-corrected chi connectivity index (χ3v) is 1.74. The maximum atomic E-state index is 12.3. The van der Waals surface area contributed by atoms with E-state index in [1.165, 1.54) is 6.92 Å². The largest absolute Gasteiger partial charge is 0.462 e. The molecular formula is C9H9F3N2O2. The maximum Gasteiger partial charge on any atom is 0.417 e. The van der Waals surface area contributed by atoms with E-state index in [4.69, 9.17) is 5.73 Å². The molecule has 0 saturated carbocycles. The standard InChI is InChI=1S/C9H9F3N2O2/c1-2-16-8(15)6-3-5(9(10,11)12)4-14-7(6)13/h3-4H,2H2,1H3,(H2,13,14). The predicted octanol–water partition coefficient (Wildman–Crippen LogP) is 1.86. The summed E-state index contributed by atoms with van der Waals surface area (Å²) in [7, 11) is 0. The number of halogens is 3. The van der Waals surface area contributed by atoms with Crippen molar-refractivity contribution in [2.24, 2.45) is 0 Å². The van der Waals surface area contributed by atoms with Crippen molar-refractivity contribution >= 4 is 11.8 Å². The van der Waals surface area contributed by atoms with Gasteiger partial charge in [0, 0.05) is 6.20 Å². The highest BCUT2D eigenvalue weighted by molar-refractivity contribution is 5.94. The van der Waals surface area contributed by atoms with Crippen LogP contribution in [0.25, 0.3) is 0 Å². The van der Waals surface area contributed by atoms with E-state index in [1.807, 2.05) is 0 Å². The second kappa shape index (κ2) is 4.38. The summed E-state index contributed by atoms with van der Waals surface area (Å²) >= 11 is 0. The van der Waals surface area contributed by atoms with Gasteiger partial charge in [0.2, 0.25) is 0 Å². The van der Waals surface area contributed by atoms with E-state index in [1.54, 1.807) is 0 Å². The zero-order valence-electron chi connectivity index (χ0n) is 8.34. The molecule has 0 radical (unpaired) electrons. The molecular weight excluding hydrogens is 225 g/mol. The number of carbonyl (C=O) groups excluding carboxylic acids is 1. The van der Waals surface area contributed by atoms with Gasteiger partial charge in [0.25, 0.3) is 0 Å². The average molecular weight is 234 g/mol. The average Bonchev–Trinajstić information content (AvgIpc) is 2.16. The molecule has 1 heterocycles. The summed E-state index contributed by atoms with van der Waals surface area (Å²) < 4.78 is 41.5. The van der Waals surface area contributed by atoms with Gasteiger partial charge in [-0.15, -0.1) is 0 Å². The number of nitrogen functional groups attached to an aromatic ring is 1. The molecule has 0 saturated heterocycles. The Hall–Kier alpha value is -1.79. The Morgan fingerprint density at radius 2 is 2.19 bits per heavy atom. The van der Waals surface area contributed by atoms with Crippen LogP contribution in [0.2, 0.25) is 0 Å². The molecule has 7 heteroatoms. The minimum Gasteiger partial charge on any atom is -0.462 e. The predicted molar refractivity (Wildman–Crippen MR) is 49.6 cm³/mol. The van der Waals surface area contributed by atoms with E-state index >= 15 is 0 Å². The van der Waals surface area contributed by atoms with Crippen LogP contribution in [0.4, 0.5) is 19.0 Å². The van der Waals surface area contributed by atoms with Gasteiger partial charge in [-0.05, 0) is 13.0 Å². The van der Waals surface area contributed by atoms with Crippen molar-refractivity contribution in [3.05, 3.63) is 23.4 Å². The van der Waals surface area contributed by atoms with Crippen molar-refractivity contribution in [2.75, 3.05) is 12.3 Å². The van der Waals surface area contributed by atoms with Crippen molar-refractivity contribution < 1.29 is 22.7 Å². The topological polar surface area (TPSA) is 65.2 Å². The molecule has 0 aliphatic carbocycles. The van der Waals surface area contributed by atoms with Crippen LogP contribution in [0.3, 0.4) is 0 Å². The van der Waals surface area contributed by atoms with Crippen molar-refractivity contribution in [3.8, 4) is 0 Å². The first-order chi connectivity index (χ1) is 7.36. The Bertz CT molecular complexity index is 404. The molecule has 2 N–H and O–H groups in total. The Kier molecular flexibility index (Phi) is 3.36. The Labute approximate surface area is 89.2 Å². The highest BCUT2D eigenvalue weighted by atomic mass is 19.4. The Morgan fingerprint density at radius 1 is 1.56 bits per heavy atom. The van der Waals surface area contributed by atoms with Gasteiger partial charge < -0.3 is 10.5 Å². The summed E-state index contributed by atoms with van der Waals surface area (Å²) in [6, 6.07) is 0.625. The number of ether oxygens (including phenoxy) is 1. The Morgan fingerprint density at radius 3 is 2.69 bits per heavy atom. The number of hydrogen-bond donors (Lipinski definition) is 1. The van der Waals surface area contributed by atoms with Crippen LogP contribution < -0.4 is 5.73 Å². The molecule has 0 aliphatic heterocycles. The van der Waals surface area contributed by atoms with E-state index < -0.39 is 17.7 Å². The summed E-state index contributed by atoms with van der Waals surface area (Å²) in [5, 5.41) is 0. The number of nitrogens with zero attached hydrogens (tertiary/aromatic N) is 1. The summed E-state index contributed by atoms with van der Waals surface area (Å²) in [5.74, 6) is -1.20. The third-order valence-electron chi connectivity index (χ3n) is 1.74. The Balaban J connectivity index is 3.14. The molecule has 88 valence electrons. The fraction of sp³-hybridized carbons (Fsp3) is 0.333. The van der Waals surface area contributed by atoms with Crippen molar-refractivity contribution in [2.45, 2.75) is 13.1 Å². The van der Waals surface area contributed by atoms with E-state index in [2.05, 4.69) is 9.72 Å². The minimum atomic E-state index is -4.57. The molecule has 0 spiro atoms. The van der Waals surface area contributed by atoms with Crippen LogP contribution in [-0.4, -0.2) is 17.6 Å². The first kappa shape index (κ1) is 12.3. The number of esters is 1. The quantitative estimate of drug-likeness (QED) is 0.793. The fourth-order valence-electron chi connectivity index (χ4n) is 1.00. The number of hydrogen-bond acceptors (Lipinski definition) is 4. The van der Waals surface area contributed by atoms with E-state index in [0.29, 0.717) is 12.3 Å². The summed E-state index contributed by atoms with van der Waals surface area (Å²) in [6.45, 7) is 1.59. The van der Waals surface area contributed by atoms with E-state index in [-0.39, 0.29) is 18.0 Å². The molecule has 0 atom stereocenters. The van der Waals surface area contributed by atoms with Crippen LogP contribution >= 0.6 is 0 Å². The lowest BCUT2D eigenvalue weighted by molar-refractivity contribution is -0.137. The lowest BCUT2D eigenvalue weighted by atomic mass is 10.2. The van der Waals surface area contributed by atoms with Gasteiger partial charge in [0.15, 0.2) is 0 Å². The molecule has 0 aromatic carbocycles. The molecule has 1 aromatic rings. The van der Waals surface area contributed by atoms with Crippen molar-refractivity contribution in [1.29, 1.82) is 0 Å². The second-order valence-corrected chi connectivity index (χ2v) is 2.88. The number of pyridine rings is 1. The zero-order valence-corrected chi connectivity index (χ0v) is 8.34. The van der Waals surface area contributed by atoms with Crippen LogP contribution in [-0.2, 0) is 10.9 Å². The van der Waals surface area contributed by atoms with Crippen LogP contribution in [0.5, 0.6) is 0 Å². The van der Waals surface area contributed by atoms with Crippen molar-refractivity contribution in [1.82, 2.24) is 4.98 Å². The summed E-state index contributed by atoms with van der Waals surface area (Å²) in [5.41, 5.74) is 3.87. The van der Waals surface area contributed by atoms with Crippen LogP contribution in [0, 0.1) is 0 Å². The SMILES string of the molecule is CCOC(=O)c1cc(C(F)(F)F)cnc1N. The number of nitrogens with two attached hydrogens (primary N) is 1. The van der Waals surface area contributed by atoms with E-state index in [0.717, 1.165) is 0 Å². The first-order valence-electron chi connectivity index (χ1n) is 4.36. The minimum absolute atomic E-state index is 0.0501. The number of alkyl halides is 3. The smallest absolute Gasteiger partial charge is 0.417 e. The number of aromatic nitrogens is 1. The van der Waals surface area contributed by atoms with Gasteiger partial charge in [0.05, 0.1) is 12.2 Å². The van der Waals surface area contributed by atoms with Gasteiger partial charge >= 0.3 is 12.1 Å². The highest BCUT2D eigenvalue weighted by Crippen LogP contribution is 2.30. The van der Waals surface area contributed by atoms with Crippen LogP contribution in [0.1, 0.15) is 22.8 Å². The molecule has 16 heavy (non-hydrogen) atoms. The molecule has 0 fully saturated rings. The highest BCUT2D eigenvalue weighted by Gasteiger charge is 2.32. The molecule has 4 nitrogen and oxygen atoms in total. The molecule has 0 bridgehead atoms. The van der Waals surface area contributed by atoms with Gasteiger partial charge in [-0.3, -0.25) is 0 Å². The monoisotopic (exact) mass is 234 g/mol. The van der Waals surface area contributed by atoms with Gasteiger partial charge in [-0.25, -0.2) is 9.78 Å². The van der Waals surface area contributed by atoms with E-state index in [9.17, 15) is 18.0 Å². The lowest BCUT2D eigenvalue weighted by Gasteiger charge is -2.09. The zero-order chi connectivity index (χ0) is 12.3. The fourth-order valence-corrected chi connectivity index (χ4v) is 1.00. The van der Waals surface area contributed by atoms with Gasteiger partial charge in [-0.2, -0.15) is 13.2 Å². The molecule has 0 aliphatic rings. The van der Waals surface area contributed by atoms with Gasteiger partial charge in [-0.1, -0.05) is 0 Å². The van der Waals surface area contributed by atoms with Crippen molar-refractivity contribution in [3.63, 3.8) is 0 Å². The summed E-state index contributed by atoms with van der Waals surface area (Å²) in [4.78, 5) is 14.5. The number of anilines is 1. The third kappa shape index (κ3) is 2.62. The molecule has 0 unspecified atom stereocenters. The summed E-state index contributed by atoms with van der Waals surface area (Å²) in [6.07, 6.45) is -4.00. The molecule has 1 rings (SSSR count). The maximum absolute atomic E-state index is 12.3. The molecule has 1 aromatic heterocycles. The first-order valence-corrected chi connectivity index (χ1v) is 4.36. The normalized spacial score (nSPS) is 11.2. The van der Waals surface area contributed by atoms with Gasteiger partial charge in [0.1, 0.15) is 11.4 Å². The molecule has 0 amide bonds. The van der Waals surface area contributed by atoms with Crippen LogP contribution in [0.15, 0.2) is 12.3 Å².